The molecule has 1 amide bonds. The number of halogens is 1. The van der Waals surface area contributed by atoms with Crippen molar-refractivity contribution in [3.63, 3.8) is 0 Å². The molecule has 150 valence electrons. The average Bonchev–Trinajstić information content (AvgIpc) is 2.73. The lowest BCUT2D eigenvalue weighted by molar-refractivity contribution is 0.0950. The molecule has 0 aliphatic heterocycles. The smallest absolute Gasteiger partial charge is 0.263 e. The van der Waals surface area contributed by atoms with Crippen LogP contribution in [-0.2, 0) is 16.6 Å². The molecule has 0 fully saturated rings. The first-order chi connectivity index (χ1) is 13.9. The van der Waals surface area contributed by atoms with E-state index in [2.05, 4.69) is 10.0 Å². The van der Waals surface area contributed by atoms with Gasteiger partial charge in [-0.3, -0.25) is 9.52 Å². The molecule has 0 aliphatic carbocycles. The Labute approximate surface area is 174 Å². The number of sulfonamides is 1. The van der Waals surface area contributed by atoms with Crippen molar-refractivity contribution in [2.24, 2.45) is 0 Å². The second-order valence-electron chi connectivity index (χ2n) is 6.12. The van der Waals surface area contributed by atoms with Gasteiger partial charge in [-0.15, -0.1) is 0 Å². The van der Waals surface area contributed by atoms with Crippen molar-refractivity contribution in [3.8, 4) is 5.75 Å². The van der Waals surface area contributed by atoms with Crippen LogP contribution in [-0.4, -0.2) is 21.4 Å². The molecule has 0 atom stereocenters. The Morgan fingerprint density at radius 3 is 2.41 bits per heavy atom. The van der Waals surface area contributed by atoms with Crippen LogP contribution in [0.4, 0.5) is 5.69 Å². The standard InChI is InChI=1S/C21H19ClN2O4S/c1-28-19-10-6-5-9-18(19)24-29(26,27)20-13-16(11-12-17(20)22)21(25)23-14-15-7-3-2-4-8-15/h2-13,24H,14H2,1H3,(H,23,25). The first kappa shape index (κ1) is 20.7. The highest BCUT2D eigenvalue weighted by atomic mass is 35.5. The molecule has 3 aromatic rings. The van der Waals surface area contributed by atoms with Crippen molar-refractivity contribution in [1.29, 1.82) is 0 Å². The summed E-state index contributed by atoms with van der Waals surface area (Å²) >= 11 is 6.12. The second-order valence-corrected chi connectivity index (χ2v) is 8.18. The maximum atomic E-state index is 12.9. The predicted octanol–water partition coefficient (Wildman–Crippen LogP) is 4.08. The van der Waals surface area contributed by atoms with Crippen LogP contribution in [0, 0.1) is 0 Å². The average molecular weight is 431 g/mol. The summed E-state index contributed by atoms with van der Waals surface area (Å²) < 4.78 is 33.3. The topological polar surface area (TPSA) is 84.5 Å². The lowest BCUT2D eigenvalue weighted by Crippen LogP contribution is -2.23. The number of anilines is 1. The summed E-state index contributed by atoms with van der Waals surface area (Å²) in [6.07, 6.45) is 0. The van der Waals surface area contributed by atoms with E-state index in [1.54, 1.807) is 24.3 Å². The first-order valence-corrected chi connectivity index (χ1v) is 10.5. The number of hydrogen-bond donors (Lipinski definition) is 2. The summed E-state index contributed by atoms with van der Waals surface area (Å²) in [7, 11) is -2.60. The van der Waals surface area contributed by atoms with Gasteiger partial charge in [-0.1, -0.05) is 54.1 Å². The van der Waals surface area contributed by atoms with Crippen molar-refractivity contribution in [3.05, 3.63) is 88.9 Å². The van der Waals surface area contributed by atoms with Crippen LogP contribution < -0.4 is 14.8 Å². The number of methoxy groups -OCH3 is 1. The van der Waals surface area contributed by atoms with Gasteiger partial charge in [0.25, 0.3) is 15.9 Å². The molecule has 3 aromatic carbocycles. The van der Waals surface area contributed by atoms with Crippen LogP contribution >= 0.6 is 11.6 Å². The minimum absolute atomic E-state index is 0.00649. The van der Waals surface area contributed by atoms with Gasteiger partial charge in [0, 0.05) is 12.1 Å². The number of benzene rings is 3. The van der Waals surface area contributed by atoms with Crippen molar-refractivity contribution < 1.29 is 17.9 Å². The molecule has 0 spiro atoms. The van der Waals surface area contributed by atoms with E-state index in [4.69, 9.17) is 16.3 Å². The molecule has 0 aliphatic rings. The molecule has 2 N–H and O–H groups in total. The van der Waals surface area contributed by atoms with Gasteiger partial charge in [-0.25, -0.2) is 8.42 Å². The summed E-state index contributed by atoms with van der Waals surface area (Å²) in [4.78, 5) is 12.3. The highest BCUT2D eigenvalue weighted by Crippen LogP contribution is 2.29. The number of nitrogens with one attached hydrogen (secondary N) is 2. The molecule has 0 saturated heterocycles. The van der Waals surface area contributed by atoms with Crippen molar-refractivity contribution in [1.82, 2.24) is 5.32 Å². The van der Waals surface area contributed by atoms with Crippen LogP contribution in [0.3, 0.4) is 0 Å². The van der Waals surface area contributed by atoms with Crippen molar-refractivity contribution in [2.75, 3.05) is 11.8 Å². The number of ether oxygens (including phenoxy) is 1. The van der Waals surface area contributed by atoms with E-state index in [-0.39, 0.29) is 21.2 Å². The fraction of sp³-hybridized carbons (Fsp3) is 0.0952. The van der Waals surface area contributed by atoms with E-state index in [1.165, 1.54) is 25.3 Å². The first-order valence-electron chi connectivity index (χ1n) is 8.68. The van der Waals surface area contributed by atoms with E-state index in [0.29, 0.717) is 12.3 Å². The summed E-state index contributed by atoms with van der Waals surface area (Å²) in [6, 6.07) is 20.1. The van der Waals surface area contributed by atoms with Gasteiger partial charge in [0.15, 0.2) is 0 Å². The van der Waals surface area contributed by atoms with Gasteiger partial charge >= 0.3 is 0 Å². The number of carbonyl (C=O) groups is 1. The largest absolute Gasteiger partial charge is 0.495 e. The van der Waals surface area contributed by atoms with Gasteiger partial charge < -0.3 is 10.1 Å². The van der Waals surface area contributed by atoms with E-state index < -0.39 is 15.9 Å². The maximum absolute atomic E-state index is 12.9. The molecule has 29 heavy (non-hydrogen) atoms. The Bertz CT molecular complexity index is 1120. The summed E-state index contributed by atoms with van der Waals surface area (Å²) in [6.45, 7) is 0.323. The van der Waals surface area contributed by atoms with E-state index in [9.17, 15) is 13.2 Å². The van der Waals surface area contributed by atoms with Crippen LogP contribution in [0.25, 0.3) is 0 Å². The minimum atomic E-state index is -4.04. The SMILES string of the molecule is COc1ccccc1NS(=O)(=O)c1cc(C(=O)NCc2ccccc2)ccc1Cl. The molecular formula is C21H19ClN2O4S. The van der Waals surface area contributed by atoms with Crippen molar-refractivity contribution >= 4 is 33.2 Å². The zero-order valence-corrected chi connectivity index (χ0v) is 17.1. The lowest BCUT2D eigenvalue weighted by Gasteiger charge is -2.13. The molecule has 0 bridgehead atoms. The Morgan fingerprint density at radius 1 is 1.00 bits per heavy atom. The third kappa shape index (κ3) is 5.07. The van der Waals surface area contributed by atoms with Crippen LogP contribution in [0.5, 0.6) is 5.75 Å². The minimum Gasteiger partial charge on any atom is -0.495 e. The molecule has 0 saturated carbocycles. The highest BCUT2D eigenvalue weighted by molar-refractivity contribution is 7.92. The van der Waals surface area contributed by atoms with E-state index in [0.717, 1.165) is 5.56 Å². The number of para-hydroxylation sites is 2. The van der Waals surface area contributed by atoms with E-state index in [1.807, 2.05) is 30.3 Å². The molecule has 8 heteroatoms. The van der Waals surface area contributed by atoms with Gasteiger partial charge in [0.1, 0.15) is 10.6 Å². The molecule has 0 radical (unpaired) electrons. The monoisotopic (exact) mass is 430 g/mol. The van der Waals surface area contributed by atoms with Gasteiger partial charge in [0.05, 0.1) is 17.8 Å². The van der Waals surface area contributed by atoms with Crippen LogP contribution in [0.1, 0.15) is 15.9 Å². The van der Waals surface area contributed by atoms with Gasteiger partial charge in [0.2, 0.25) is 0 Å². The number of rotatable bonds is 7. The summed E-state index contributed by atoms with van der Waals surface area (Å²) in [5.41, 5.74) is 1.39. The third-order valence-electron chi connectivity index (χ3n) is 4.13. The van der Waals surface area contributed by atoms with Crippen molar-refractivity contribution in [2.45, 2.75) is 11.4 Å². The number of hydrogen-bond acceptors (Lipinski definition) is 4. The van der Waals surface area contributed by atoms with Crippen LogP contribution in [0.2, 0.25) is 5.02 Å². The fourth-order valence-electron chi connectivity index (χ4n) is 2.66. The maximum Gasteiger partial charge on any atom is 0.263 e. The molecule has 0 unspecified atom stereocenters. The third-order valence-corrected chi connectivity index (χ3v) is 5.98. The molecular weight excluding hydrogens is 412 g/mol. The van der Waals surface area contributed by atoms with Gasteiger partial charge in [-0.05, 0) is 35.9 Å². The zero-order valence-electron chi connectivity index (χ0n) is 15.6. The van der Waals surface area contributed by atoms with Crippen LogP contribution in [0.15, 0.2) is 77.7 Å². The Morgan fingerprint density at radius 2 is 1.69 bits per heavy atom. The Hall–Kier alpha value is -3.03. The van der Waals surface area contributed by atoms with E-state index >= 15 is 0 Å². The summed E-state index contributed by atoms with van der Waals surface area (Å²) in [5.74, 6) is -0.0387. The fourth-order valence-corrected chi connectivity index (χ4v) is 4.26. The normalized spacial score (nSPS) is 11.0. The molecule has 6 nitrogen and oxygen atoms in total. The zero-order chi connectivity index (χ0) is 20.9. The lowest BCUT2D eigenvalue weighted by atomic mass is 10.2. The quantitative estimate of drug-likeness (QED) is 0.591. The van der Waals surface area contributed by atoms with Gasteiger partial charge in [-0.2, -0.15) is 0 Å². The summed E-state index contributed by atoms with van der Waals surface area (Å²) in [5, 5.41) is 2.77. The Balaban J connectivity index is 1.83. The number of amides is 1. The highest BCUT2D eigenvalue weighted by Gasteiger charge is 2.21. The molecule has 3 rings (SSSR count). The molecule has 0 heterocycles. The molecule has 0 aromatic heterocycles. The number of carbonyl (C=O) groups excluding carboxylic acids is 1. The predicted molar refractivity (Wildman–Crippen MR) is 113 cm³/mol. The second kappa shape index (κ2) is 8.98. The Kier molecular flexibility index (Phi) is 6.41.